The molecule has 0 bridgehead atoms. The lowest BCUT2D eigenvalue weighted by atomic mass is 10.0. The van der Waals surface area contributed by atoms with E-state index in [1.54, 1.807) is 6.07 Å². The van der Waals surface area contributed by atoms with Crippen molar-refractivity contribution in [1.29, 1.82) is 0 Å². The van der Waals surface area contributed by atoms with Crippen LogP contribution in [0.3, 0.4) is 0 Å². The number of pyridine rings is 1. The fourth-order valence-corrected chi connectivity index (χ4v) is 6.40. The Morgan fingerprint density at radius 3 is 1.90 bits per heavy atom. The van der Waals surface area contributed by atoms with E-state index in [4.69, 9.17) is 24.5 Å². The number of hydrogen-bond acceptors (Lipinski definition) is 10. The van der Waals surface area contributed by atoms with Crippen molar-refractivity contribution >= 4 is 46.2 Å². The van der Waals surface area contributed by atoms with Crippen molar-refractivity contribution in [2.45, 2.75) is 50.4 Å². The topological polar surface area (TPSA) is 231 Å². The largest absolute Gasteiger partial charge is 0.506 e. The number of carboxylic acid groups (broad SMARTS) is 2. The van der Waals surface area contributed by atoms with Crippen LogP contribution in [0.5, 0.6) is 5.75 Å². The van der Waals surface area contributed by atoms with E-state index < -0.39 is 89.0 Å². The maximum atomic E-state index is 15.0. The van der Waals surface area contributed by atoms with Crippen LogP contribution in [-0.2, 0) is 25.7 Å². The number of H-pyrrole nitrogens is 1. The van der Waals surface area contributed by atoms with Gasteiger partial charge in [0.2, 0.25) is 11.5 Å². The number of ether oxygens (including phenoxy) is 1. The second kappa shape index (κ2) is 23.5. The number of aromatic nitrogens is 1. The number of hydrogen-bond donors (Lipinski definition) is 8. The Bertz CT molecular complexity index is 2590. The van der Waals surface area contributed by atoms with Gasteiger partial charge < -0.3 is 45.7 Å². The zero-order valence-corrected chi connectivity index (χ0v) is 34.8. The summed E-state index contributed by atoms with van der Waals surface area (Å²) in [4.78, 5) is 59.1. The molecule has 366 valence electrons. The zero-order chi connectivity index (χ0) is 50.5. The molecule has 25 heteroatoms. The molecular formula is C43H39F10N5O10. The lowest BCUT2D eigenvalue weighted by Crippen LogP contribution is -2.39. The number of halogens is 10. The van der Waals surface area contributed by atoms with Gasteiger partial charge in [0, 0.05) is 61.7 Å². The van der Waals surface area contributed by atoms with Crippen molar-refractivity contribution in [2.75, 3.05) is 36.8 Å². The summed E-state index contributed by atoms with van der Waals surface area (Å²) in [6.07, 6.45) is -11.7. The summed E-state index contributed by atoms with van der Waals surface area (Å²) < 4.78 is 129. The molecule has 4 aromatic carbocycles. The molecule has 0 unspecified atom stereocenters. The Kier molecular flexibility index (Phi) is 18.4. The van der Waals surface area contributed by atoms with Crippen LogP contribution in [0.15, 0.2) is 83.7 Å². The van der Waals surface area contributed by atoms with Gasteiger partial charge in [0.25, 0.3) is 0 Å². The molecular weight excluding hydrogens is 936 g/mol. The second-order valence-corrected chi connectivity index (χ2v) is 14.4. The van der Waals surface area contributed by atoms with Gasteiger partial charge >= 0.3 is 30.4 Å². The van der Waals surface area contributed by atoms with Gasteiger partial charge in [-0.25, -0.2) is 31.9 Å². The van der Waals surface area contributed by atoms with Crippen LogP contribution in [0.4, 0.5) is 60.1 Å². The Morgan fingerprint density at radius 2 is 1.32 bits per heavy atom. The molecule has 1 atom stereocenters. The predicted molar refractivity (Wildman–Crippen MR) is 221 cm³/mol. The molecule has 2 amide bonds. The van der Waals surface area contributed by atoms with Gasteiger partial charge in [0.15, 0.2) is 23.3 Å². The third kappa shape index (κ3) is 14.9. The van der Waals surface area contributed by atoms with E-state index >= 15 is 0 Å². The third-order valence-corrected chi connectivity index (χ3v) is 9.72. The van der Waals surface area contributed by atoms with Crippen molar-refractivity contribution in [3.8, 4) is 16.9 Å². The van der Waals surface area contributed by atoms with E-state index in [1.165, 1.54) is 24.3 Å². The summed E-state index contributed by atoms with van der Waals surface area (Å²) in [5, 5.41) is 42.6. The molecule has 1 aliphatic heterocycles. The number of aromatic hydroxyl groups is 1. The summed E-state index contributed by atoms with van der Waals surface area (Å²) >= 11 is 0. The van der Waals surface area contributed by atoms with E-state index in [1.807, 2.05) is 58.7 Å². The maximum absolute atomic E-state index is 15.0. The number of amides is 2. The lowest BCUT2D eigenvalue weighted by Gasteiger charge is -2.31. The fourth-order valence-electron chi connectivity index (χ4n) is 6.40. The molecule has 0 spiro atoms. The van der Waals surface area contributed by atoms with E-state index in [9.17, 15) is 68.5 Å². The predicted octanol–water partition coefficient (Wildman–Crippen LogP) is 7.59. The van der Waals surface area contributed by atoms with Crippen LogP contribution in [-0.4, -0.2) is 98.9 Å². The molecule has 1 aromatic heterocycles. The van der Waals surface area contributed by atoms with E-state index in [2.05, 4.69) is 15.6 Å². The number of carboxylic acids is 2. The minimum absolute atomic E-state index is 0.0795. The minimum Gasteiger partial charge on any atom is -0.506 e. The fraction of sp³-hybridized carbons (Fsp3) is 0.279. The van der Waals surface area contributed by atoms with Crippen LogP contribution in [0.25, 0.3) is 22.0 Å². The molecule has 0 saturated carbocycles. The first-order chi connectivity index (χ1) is 31.9. The van der Waals surface area contributed by atoms with Crippen LogP contribution >= 0.6 is 0 Å². The first-order valence-corrected chi connectivity index (χ1v) is 19.7. The summed E-state index contributed by atoms with van der Waals surface area (Å²) in [7, 11) is 0. The number of anilines is 2. The first kappa shape index (κ1) is 53.4. The highest BCUT2D eigenvalue weighted by Crippen LogP contribution is 2.31. The first-order valence-electron chi connectivity index (χ1n) is 19.7. The average Bonchev–Trinajstić information content (AvgIpc) is 3.28. The van der Waals surface area contributed by atoms with Crippen LogP contribution < -0.4 is 21.5 Å². The Hall–Kier alpha value is -7.25. The Labute approximate surface area is 377 Å². The number of nitrogens with one attached hydrogen (secondary N) is 4. The van der Waals surface area contributed by atoms with Gasteiger partial charge in [-0.1, -0.05) is 54.6 Å². The van der Waals surface area contributed by atoms with Crippen molar-refractivity contribution < 1.29 is 88.2 Å². The molecule has 8 N–H and O–H groups in total. The highest BCUT2D eigenvalue weighted by Gasteiger charge is 2.39. The zero-order valence-electron chi connectivity index (χ0n) is 34.8. The monoisotopic (exact) mass is 975 g/mol. The number of carbonyl (C=O) groups excluding carboxylic acids is 2. The van der Waals surface area contributed by atoms with Crippen molar-refractivity contribution in [1.82, 2.24) is 15.2 Å². The van der Waals surface area contributed by atoms with Crippen LogP contribution in [0.2, 0.25) is 0 Å². The van der Waals surface area contributed by atoms with Crippen molar-refractivity contribution in [2.24, 2.45) is 0 Å². The summed E-state index contributed by atoms with van der Waals surface area (Å²) in [5.74, 6) is -13.6. The Balaban J connectivity index is 0.000000626. The summed E-state index contributed by atoms with van der Waals surface area (Å²) in [6, 6.07) is 22.2. The normalized spacial score (nSPS) is 13.6. The molecule has 0 aliphatic carbocycles. The number of aromatic amines is 1. The number of aliphatic hydroxyl groups is 1. The molecule has 1 saturated heterocycles. The average molecular weight is 976 g/mol. The summed E-state index contributed by atoms with van der Waals surface area (Å²) in [6.45, 7) is 0.0823. The quantitative estimate of drug-likeness (QED) is 0.0447. The third-order valence-electron chi connectivity index (χ3n) is 9.72. The van der Waals surface area contributed by atoms with Gasteiger partial charge in [-0.3, -0.25) is 14.9 Å². The molecule has 2 heterocycles. The number of aliphatic hydroxyl groups excluding tert-OH is 1. The van der Waals surface area contributed by atoms with Crippen LogP contribution in [0.1, 0.15) is 36.5 Å². The molecule has 5 aromatic rings. The second-order valence-electron chi connectivity index (χ2n) is 14.4. The highest BCUT2D eigenvalue weighted by atomic mass is 19.4. The van der Waals surface area contributed by atoms with Gasteiger partial charge in [0.05, 0.1) is 17.3 Å². The number of phenols is 1. The number of para-hydroxylation sites is 1. The van der Waals surface area contributed by atoms with E-state index in [-0.39, 0.29) is 42.4 Å². The smallest absolute Gasteiger partial charge is 0.490 e. The van der Waals surface area contributed by atoms with E-state index in [0.717, 1.165) is 11.1 Å². The number of alkyl halides is 6. The highest BCUT2D eigenvalue weighted by molar-refractivity contribution is 5.92. The molecule has 1 fully saturated rings. The number of piperidine rings is 1. The number of likely N-dealkylation sites (tertiary alicyclic amines) is 1. The Morgan fingerprint density at radius 1 is 0.765 bits per heavy atom. The number of carbonyl (C=O) groups is 4. The summed E-state index contributed by atoms with van der Waals surface area (Å²) in [5.41, 5.74) is 0.0202. The molecule has 1 aliphatic rings. The van der Waals surface area contributed by atoms with Gasteiger partial charge in [-0.2, -0.15) is 26.3 Å². The van der Waals surface area contributed by atoms with Gasteiger partial charge in [0.1, 0.15) is 17.5 Å². The minimum atomic E-state index is -5.08. The molecule has 6 rings (SSSR count). The van der Waals surface area contributed by atoms with E-state index in [0.29, 0.717) is 37.0 Å². The SMILES string of the molecule is O=C(CCN1CCC(OC(=O)Nc2ccccc2-c2ccccc2)CC1)Nc1c(F)c(F)c(CNC[C@H](O)c2ccc(O)c3[nH]c(=O)ccc23)c(F)c1F.O=C(O)C(F)(F)F.O=C(O)C(F)(F)F. The number of aliphatic carboxylic acids is 2. The van der Waals surface area contributed by atoms with Gasteiger partial charge in [-0.15, -0.1) is 0 Å². The number of phenolic OH excluding ortho intramolecular Hbond substituents is 1. The molecule has 15 nitrogen and oxygen atoms in total. The lowest BCUT2D eigenvalue weighted by molar-refractivity contribution is -0.193. The van der Waals surface area contributed by atoms with Gasteiger partial charge in [-0.05, 0) is 42.2 Å². The van der Waals surface area contributed by atoms with Crippen molar-refractivity contribution in [3.05, 3.63) is 124 Å². The standard InChI is InChI=1S/C39H37F4N5O6.2C2HF3O2/c40-33-27(20-44-21-30(50)25-10-12-29(49)37-26(25)11-13-31(51)46-37)34(41)36(43)38(35(33)42)47-32(52)16-19-48-17-14-23(15-18-48)54-39(53)45-28-9-5-4-8-24(28)22-6-2-1-3-7-22;2*3-2(4,5)1(6)7/h1-13,23,30,44,49-50H,14-21H2,(H,45,53)(H,46,51)(H,47,52);2*(H,6,7)/t30-;;/m0../s1. The van der Waals surface area contributed by atoms with Crippen LogP contribution in [0, 0.1) is 23.3 Å². The maximum Gasteiger partial charge on any atom is 0.490 e. The number of rotatable bonds is 12. The van der Waals surface area contributed by atoms with Crippen molar-refractivity contribution in [3.63, 3.8) is 0 Å². The number of benzene rings is 4. The molecule has 0 radical (unpaired) electrons. The molecule has 68 heavy (non-hydrogen) atoms. The number of nitrogens with zero attached hydrogens (tertiary/aromatic N) is 1. The number of fused-ring (bicyclic) bond motifs is 1.